The molecule has 3 rings (SSSR count). The minimum absolute atomic E-state index is 0.113. The third-order valence-electron chi connectivity index (χ3n) is 3.29. The van der Waals surface area contributed by atoms with E-state index in [1.54, 1.807) is 0 Å². The van der Waals surface area contributed by atoms with E-state index in [2.05, 4.69) is 4.98 Å². The molecule has 1 heterocycles. The quantitative estimate of drug-likeness (QED) is 0.726. The van der Waals surface area contributed by atoms with Crippen molar-refractivity contribution in [1.29, 1.82) is 0 Å². The second kappa shape index (κ2) is 4.91. The van der Waals surface area contributed by atoms with Crippen LogP contribution >= 0.6 is 11.3 Å². The standard InChI is InChI=1S/C14H9F4NOS/c15-7-4-5-8(9(6-7)14(16,17)18)13-19-12-10(20)2-1-3-11(12)21-13/h4-6H,1-3H2. The fourth-order valence-corrected chi connectivity index (χ4v) is 3.48. The summed E-state index contributed by atoms with van der Waals surface area (Å²) in [7, 11) is 0. The highest BCUT2D eigenvalue weighted by Gasteiger charge is 2.35. The molecule has 0 bridgehead atoms. The molecule has 0 N–H and O–H groups in total. The van der Waals surface area contributed by atoms with Gasteiger partial charge in [-0.25, -0.2) is 9.37 Å². The Balaban J connectivity index is 2.15. The molecule has 0 spiro atoms. The first-order chi connectivity index (χ1) is 9.86. The molecule has 110 valence electrons. The predicted molar refractivity (Wildman–Crippen MR) is 69.8 cm³/mol. The van der Waals surface area contributed by atoms with E-state index in [4.69, 9.17) is 0 Å². The number of aryl methyl sites for hydroxylation is 1. The van der Waals surface area contributed by atoms with E-state index in [1.807, 2.05) is 0 Å². The van der Waals surface area contributed by atoms with E-state index in [1.165, 1.54) is 0 Å². The van der Waals surface area contributed by atoms with Crippen molar-refractivity contribution in [1.82, 2.24) is 4.98 Å². The number of alkyl halides is 3. The summed E-state index contributed by atoms with van der Waals surface area (Å²) in [5.74, 6) is -1.10. The molecule has 7 heteroatoms. The Bertz CT molecular complexity index is 720. The number of hydrogen-bond donors (Lipinski definition) is 0. The van der Waals surface area contributed by atoms with Crippen LogP contribution in [0.4, 0.5) is 17.6 Å². The molecule has 0 unspecified atom stereocenters. The van der Waals surface area contributed by atoms with E-state index in [-0.39, 0.29) is 22.0 Å². The maximum atomic E-state index is 13.1. The summed E-state index contributed by atoms with van der Waals surface area (Å²) in [6, 6.07) is 2.48. The van der Waals surface area contributed by atoms with Gasteiger partial charge in [0.25, 0.3) is 0 Å². The molecule has 0 saturated heterocycles. The lowest BCUT2D eigenvalue weighted by Gasteiger charge is -2.10. The monoisotopic (exact) mass is 315 g/mol. The van der Waals surface area contributed by atoms with E-state index in [0.29, 0.717) is 30.2 Å². The Morgan fingerprint density at radius 3 is 2.62 bits per heavy atom. The lowest BCUT2D eigenvalue weighted by molar-refractivity contribution is -0.137. The predicted octanol–water partition coefficient (Wildman–Crippen LogP) is 4.49. The number of Topliss-reactive ketones (excluding diaryl/α,β-unsaturated/α-hetero) is 1. The van der Waals surface area contributed by atoms with Crippen LogP contribution in [-0.4, -0.2) is 10.8 Å². The van der Waals surface area contributed by atoms with E-state index in [9.17, 15) is 22.4 Å². The van der Waals surface area contributed by atoms with Gasteiger partial charge in [0.2, 0.25) is 0 Å². The minimum Gasteiger partial charge on any atom is -0.292 e. The minimum atomic E-state index is -4.67. The summed E-state index contributed by atoms with van der Waals surface area (Å²) >= 11 is 1.07. The van der Waals surface area contributed by atoms with Gasteiger partial charge in [0.15, 0.2) is 5.78 Å². The second-order valence-corrected chi connectivity index (χ2v) is 5.84. The van der Waals surface area contributed by atoms with Gasteiger partial charge in [-0.15, -0.1) is 11.3 Å². The first-order valence-electron chi connectivity index (χ1n) is 6.26. The molecule has 1 aromatic carbocycles. The van der Waals surface area contributed by atoms with E-state index < -0.39 is 17.6 Å². The Kier molecular flexibility index (Phi) is 3.32. The van der Waals surface area contributed by atoms with Crippen molar-refractivity contribution in [2.75, 3.05) is 0 Å². The van der Waals surface area contributed by atoms with Crippen LogP contribution in [0.25, 0.3) is 10.6 Å². The first kappa shape index (κ1) is 14.2. The molecule has 1 aromatic heterocycles. The Hall–Kier alpha value is -1.76. The molecule has 1 aliphatic rings. The number of carbonyl (C=O) groups is 1. The average molecular weight is 315 g/mol. The van der Waals surface area contributed by atoms with Crippen molar-refractivity contribution >= 4 is 17.1 Å². The number of carbonyl (C=O) groups excluding carboxylic acids is 1. The van der Waals surface area contributed by atoms with Crippen molar-refractivity contribution in [2.24, 2.45) is 0 Å². The summed E-state index contributed by atoms with van der Waals surface area (Å²) in [6.07, 6.45) is -2.98. The van der Waals surface area contributed by atoms with E-state index in [0.717, 1.165) is 23.5 Å². The zero-order valence-corrected chi connectivity index (χ0v) is 11.4. The van der Waals surface area contributed by atoms with Crippen LogP contribution in [0.5, 0.6) is 0 Å². The summed E-state index contributed by atoms with van der Waals surface area (Å²) in [5.41, 5.74) is -0.990. The van der Waals surface area contributed by atoms with Gasteiger partial charge in [-0.2, -0.15) is 13.2 Å². The van der Waals surface area contributed by atoms with Gasteiger partial charge in [0.1, 0.15) is 16.5 Å². The maximum Gasteiger partial charge on any atom is 0.417 e. The highest BCUT2D eigenvalue weighted by Crippen LogP contribution is 2.40. The van der Waals surface area contributed by atoms with Crippen LogP contribution in [0.1, 0.15) is 33.8 Å². The molecule has 2 nitrogen and oxygen atoms in total. The molecule has 0 aliphatic heterocycles. The summed E-state index contributed by atoms with van der Waals surface area (Å²) in [4.78, 5) is 16.5. The van der Waals surface area contributed by atoms with Gasteiger partial charge in [-0.3, -0.25) is 4.79 Å². The molecule has 0 amide bonds. The van der Waals surface area contributed by atoms with Gasteiger partial charge >= 0.3 is 6.18 Å². The molecule has 21 heavy (non-hydrogen) atoms. The zero-order valence-electron chi connectivity index (χ0n) is 10.6. The highest BCUT2D eigenvalue weighted by molar-refractivity contribution is 7.15. The number of halogens is 4. The third kappa shape index (κ3) is 2.57. The lowest BCUT2D eigenvalue weighted by atomic mass is 10.0. The highest BCUT2D eigenvalue weighted by atomic mass is 32.1. The number of nitrogens with zero attached hydrogens (tertiary/aromatic N) is 1. The van der Waals surface area contributed by atoms with Crippen molar-refractivity contribution in [3.8, 4) is 10.6 Å². The van der Waals surface area contributed by atoms with Crippen LogP contribution < -0.4 is 0 Å². The number of ketones is 1. The van der Waals surface area contributed by atoms with Crippen LogP contribution in [0.15, 0.2) is 18.2 Å². The van der Waals surface area contributed by atoms with Crippen molar-refractivity contribution in [2.45, 2.75) is 25.4 Å². The molecule has 0 fully saturated rings. The zero-order chi connectivity index (χ0) is 15.2. The molecule has 2 aromatic rings. The van der Waals surface area contributed by atoms with Crippen molar-refractivity contribution in [3.05, 3.63) is 40.2 Å². The average Bonchev–Trinajstić information content (AvgIpc) is 2.83. The number of rotatable bonds is 1. The van der Waals surface area contributed by atoms with Gasteiger partial charge in [0.05, 0.1) is 5.56 Å². The third-order valence-corrected chi connectivity index (χ3v) is 4.43. The van der Waals surface area contributed by atoms with Crippen LogP contribution in [-0.2, 0) is 12.6 Å². The smallest absolute Gasteiger partial charge is 0.292 e. The summed E-state index contributed by atoms with van der Waals surface area (Å²) < 4.78 is 52.2. The Morgan fingerprint density at radius 2 is 1.95 bits per heavy atom. The Labute approximate surface area is 121 Å². The van der Waals surface area contributed by atoms with Gasteiger partial charge in [0, 0.05) is 16.9 Å². The first-order valence-corrected chi connectivity index (χ1v) is 7.08. The lowest BCUT2D eigenvalue weighted by Crippen LogP contribution is -2.09. The summed E-state index contributed by atoms with van der Waals surface area (Å²) in [6.45, 7) is 0. The van der Waals surface area contributed by atoms with Gasteiger partial charge < -0.3 is 0 Å². The molecule has 0 atom stereocenters. The van der Waals surface area contributed by atoms with Crippen molar-refractivity contribution in [3.63, 3.8) is 0 Å². The number of thiazole rings is 1. The van der Waals surface area contributed by atoms with E-state index >= 15 is 0 Å². The second-order valence-electron chi connectivity index (χ2n) is 4.76. The van der Waals surface area contributed by atoms with Crippen LogP contribution in [0.2, 0.25) is 0 Å². The topological polar surface area (TPSA) is 30.0 Å². The maximum absolute atomic E-state index is 13.1. The normalized spacial score (nSPS) is 15.1. The Morgan fingerprint density at radius 1 is 1.19 bits per heavy atom. The number of hydrogen-bond acceptors (Lipinski definition) is 3. The van der Waals surface area contributed by atoms with Gasteiger partial charge in [-0.05, 0) is 31.0 Å². The fourth-order valence-electron chi connectivity index (χ4n) is 2.32. The fraction of sp³-hybridized carbons (Fsp3) is 0.286. The van der Waals surface area contributed by atoms with Gasteiger partial charge in [-0.1, -0.05) is 0 Å². The SMILES string of the molecule is O=C1CCCc2sc(-c3ccc(F)cc3C(F)(F)F)nc21. The van der Waals surface area contributed by atoms with Crippen LogP contribution in [0, 0.1) is 5.82 Å². The largest absolute Gasteiger partial charge is 0.417 e. The molecule has 0 saturated carbocycles. The number of benzene rings is 1. The molecular weight excluding hydrogens is 306 g/mol. The molecule has 1 aliphatic carbocycles. The molecule has 0 radical (unpaired) electrons. The molecular formula is C14H9F4NOS. The van der Waals surface area contributed by atoms with Crippen LogP contribution in [0.3, 0.4) is 0 Å². The number of aromatic nitrogens is 1. The summed E-state index contributed by atoms with van der Waals surface area (Å²) in [5, 5.41) is 0.113. The van der Waals surface area contributed by atoms with Crippen molar-refractivity contribution < 1.29 is 22.4 Å². The number of fused-ring (bicyclic) bond motifs is 1.